The largest absolute Gasteiger partial charge is 0.380 e. The van der Waals surface area contributed by atoms with Gasteiger partial charge >= 0.3 is 0 Å². The molecule has 0 unspecified atom stereocenters. The molecule has 6 heteroatoms. The Morgan fingerprint density at radius 1 is 1.20 bits per heavy atom. The maximum absolute atomic E-state index is 11.1. The van der Waals surface area contributed by atoms with E-state index >= 15 is 0 Å². The highest BCUT2D eigenvalue weighted by Gasteiger charge is 2.06. The van der Waals surface area contributed by atoms with Crippen molar-refractivity contribution in [3.05, 3.63) is 61.5 Å². The molecule has 1 amide bonds. The fraction of sp³-hybridized carbons (Fsp3) is 0.0714. The summed E-state index contributed by atoms with van der Waals surface area (Å²) < 4.78 is 1.95. The summed E-state index contributed by atoms with van der Waals surface area (Å²) in [5.74, 6) is -0.485. The first-order valence-corrected chi connectivity index (χ1v) is 7.71. The van der Waals surface area contributed by atoms with E-state index in [1.807, 2.05) is 18.2 Å². The number of anilines is 1. The fourth-order valence-corrected chi connectivity index (χ4v) is 2.66. The minimum absolute atomic E-state index is 0.405. The van der Waals surface area contributed by atoms with E-state index in [0.29, 0.717) is 17.1 Å². The second-order valence-corrected chi connectivity index (χ2v) is 6.33. The van der Waals surface area contributed by atoms with Gasteiger partial charge in [0.05, 0.1) is 0 Å². The van der Waals surface area contributed by atoms with Crippen molar-refractivity contribution in [3.63, 3.8) is 0 Å². The van der Waals surface area contributed by atoms with E-state index in [-0.39, 0.29) is 0 Å². The molecule has 0 radical (unpaired) electrons. The van der Waals surface area contributed by atoms with E-state index in [9.17, 15) is 4.79 Å². The molecule has 0 fully saturated rings. The number of hydrogen-bond donors (Lipinski definition) is 2. The molecule has 104 valence electrons. The van der Waals surface area contributed by atoms with Crippen molar-refractivity contribution >= 4 is 55.1 Å². The zero-order chi connectivity index (χ0) is 14.7. The maximum atomic E-state index is 11.1. The van der Waals surface area contributed by atoms with Crippen LogP contribution in [0.1, 0.15) is 15.9 Å². The Labute approximate surface area is 138 Å². The van der Waals surface area contributed by atoms with Crippen molar-refractivity contribution in [1.82, 2.24) is 0 Å². The van der Waals surface area contributed by atoms with Crippen LogP contribution in [-0.2, 0) is 6.54 Å². The number of benzene rings is 2. The molecule has 0 heterocycles. The lowest BCUT2D eigenvalue weighted by Crippen LogP contribution is -2.11. The van der Waals surface area contributed by atoms with Crippen LogP contribution in [0.2, 0.25) is 5.02 Å². The molecule has 0 aliphatic rings. The van der Waals surface area contributed by atoms with Crippen LogP contribution < -0.4 is 11.1 Å². The van der Waals surface area contributed by atoms with Crippen molar-refractivity contribution in [1.29, 1.82) is 0 Å². The molecule has 0 saturated carbocycles. The Kier molecular flexibility index (Phi) is 5.07. The van der Waals surface area contributed by atoms with E-state index in [1.165, 1.54) is 0 Å². The van der Waals surface area contributed by atoms with Crippen LogP contribution in [0.15, 0.2) is 45.3 Å². The van der Waals surface area contributed by atoms with E-state index in [4.69, 9.17) is 17.3 Å². The minimum Gasteiger partial charge on any atom is -0.380 e. The molecule has 0 aliphatic heterocycles. The molecule has 2 rings (SSSR count). The molecule has 0 spiro atoms. The molecule has 20 heavy (non-hydrogen) atoms. The smallest absolute Gasteiger partial charge is 0.248 e. The Morgan fingerprint density at radius 2 is 1.95 bits per heavy atom. The zero-order valence-corrected chi connectivity index (χ0v) is 14.2. The third kappa shape index (κ3) is 3.75. The predicted octanol–water partition coefficient (Wildman–Crippen LogP) is 4.58. The van der Waals surface area contributed by atoms with E-state index < -0.39 is 5.91 Å². The third-order valence-corrected chi connectivity index (χ3v) is 4.27. The number of nitrogens with two attached hydrogens (primary N) is 1. The van der Waals surface area contributed by atoms with Crippen LogP contribution in [-0.4, -0.2) is 5.91 Å². The van der Waals surface area contributed by atoms with Crippen molar-refractivity contribution < 1.29 is 4.79 Å². The molecule has 0 aliphatic carbocycles. The molecule has 2 aromatic rings. The van der Waals surface area contributed by atoms with Gasteiger partial charge in [-0.1, -0.05) is 33.6 Å². The average molecular weight is 419 g/mol. The number of primary amides is 1. The highest BCUT2D eigenvalue weighted by molar-refractivity contribution is 9.11. The summed E-state index contributed by atoms with van der Waals surface area (Å²) >= 11 is 13.0. The molecule has 0 aromatic heterocycles. The van der Waals surface area contributed by atoms with Gasteiger partial charge in [0.1, 0.15) is 0 Å². The lowest BCUT2D eigenvalue weighted by molar-refractivity contribution is 0.100. The second-order valence-electron chi connectivity index (χ2n) is 4.15. The molecular formula is C14H11Br2ClN2O. The Hall–Kier alpha value is -1.04. The highest BCUT2D eigenvalue weighted by atomic mass is 79.9. The van der Waals surface area contributed by atoms with Gasteiger partial charge in [0.2, 0.25) is 5.91 Å². The number of carbonyl (C=O) groups excluding carboxylic acids is 1. The van der Waals surface area contributed by atoms with Crippen molar-refractivity contribution in [2.75, 3.05) is 5.32 Å². The molecule has 0 saturated heterocycles. The number of halogens is 3. The summed E-state index contributed by atoms with van der Waals surface area (Å²) in [5, 5.41) is 3.80. The molecule has 0 atom stereocenters. The standard InChI is InChI=1S/C14H11Br2ClN2O/c15-10-3-4-11(16)13(6-10)19-7-9-2-1-8(14(18)20)5-12(9)17/h1-6,19H,7H2,(H2,18,20). The Balaban J connectivity index is 2.15. The van der Waals surface area contributed by atoms with Gasteiger partial charge in [-0.15, -0.1) is 0 Å². The van der Waals surface area contributed by atoms with Gasteiger partial charge in [-0.2, -0.15) is 0 Å². The lowest BCUT2D eigenvalue weighted by atomic mass is 10.1. The first-order valence-electron chi connectivity index (χ1n) is 5.74. The van der Waals surface area contributed by atoms with Crippen LogP contribution in [0.4, 0.5) is 5.69 Å². The molecule has 2 aromatic carbocycles. The number of nitrogens with one attached hydrogen (secondary N) is 1. The fourth-order valence-electron chi connectivity index (χ4n) is 1.67. The van der Waals surface area contributed by atoms with Crippen LogP contribution in [0.25, 0.3) is 0 Å². The van der Waals surface area contributed by atoms with E-state index in [0.717, 1.165) is 20.2 Å². The first-order chi connectivity index (χ1) is 9.47. The van der Waals surface area contributed by atoms with E-state index in [2.05, 4.69) is 37.2 Å². The number of hydrogen-bond acceptors (Lipinski definition) is 2. The van der Waals surface area contributed by atoms with Crippen molar-refractivity contribution in [3.8, 4) is 0 Å². The first kappa shape index (κ1) is 15.4. The topological polar surface area (TPSA) is 55.1 Å². The van der Waals surface area contributed by atoms with Gasteiger partial charge in [-0.05, 0) is 51.8 Å². The van der Waals surface area contributed by atoms with Gasteiger partial charge in [0.25, 0.3) is 0 Å². The summed E-state index contributed by atoms with van der Waals surface area (Å²) in [7, 11) is 0. The number of carbonyl (C=O) groups is 1. The normalized spacial score (nSPS) is 10.3. The highest BCUT2D eigenvalue weighted by Crippen LogP contribution is 2.27. The van der Waals surface area contributed by atoms with Gasteiger partial charge < -0.3 is 11.1 Å². The minimum atomic E-state index is -0.485. The quantitative estimate of drug-likeness (QED) is 0.764. The van der Waals surface area contributed by atoms with Gasteiger partial charge in [0.15, 0.2) is 0 Å². The third-order valence-electron chi connectivity index (χ3n) is 2.74. The lowest BCUT2D eigenvalue weighted by Gasteiger charge is -2.11. The zero-order valence-electron chi connectivity index (χ0n) is 10.3. The van der Waals surface area contributed by atoms with Gasteiger partial charge in [0, 0.05) is 31.8 Å². The monoisotopic (exact) mass is 416 g/mol. The summed E-state index contributed by atoms with van der Waals surface area (Å²) in [5.41, 5.74) is 7.46. The summed E-state index contributed by atoms with van der Waals surface area (Å²) in [6.45, 7) is 0.549. The van der Waals surface area contributed by atoms with Gasteiger partial charge in [-0.3, -0.25) is 4.79 Å². The van der Waals surface area contributed by atoms with Crippen LogP contribution in [0.5, 0.6) is 0 Å². The molecular weight excluding hydrogens is 407 g/mol. The van der Waals surface area contributed by atoms with Gasteiger partial charge in [-0.25, -0.2) is 0 Å². The van der Waals surface area contributed by atoms with E-state index in [1.54, 1.807) is 18.2 Å². The average Bonchev–Trinajstić information content (AvgIpc) is 2.40. The predicted molar refractivity (Wildman–Crippen MR) is 89.1 cm³/mol. The van der Waals surface area contributed by atoms with Crippen molar-refractivity contribution in [2.24, 2.45) is 5.73 Å². The Bertz CT molecular complexity index is 662. The number of amides is 1. The second kappa shape index (κ2) is 6.61. The Morgan fingerprint density at radius 3 is 2.60 bits per heavy atom. The van der Waals surface area contributed by atoms with Crippen LogP contribution >= 0.6 is 43.5 Å². The molecule has 3 N–H and O–H groups in total. The SMILES string of the molecule is NC(=O)c1ccc(CNc2cc(Br)ccc2Br)c(Cl)c1. The summed E-state index contributed by atoms with van der Waals surface area (Å²) in [6, 6.07) is 10.9. The summed E-state index contributed by atoms with van der Waals surface area (Å²) in [4.78, 5) is 11.1. The maximum Gasteiger partial charge on any atom is 0.248 e. The van der Waals surface area contributed by atoms with Crippen LogP contribution in [0.3, 0.4) is 0 Å². The van der Waals surface area contributed by atoms with Crippen LogP contribution in [0, 0.1) is 0 Å². The molecule has 3 nitrogen and oxygen atoms in total. The summed E-state index contributed by atoms with van der Waals surface area (Å²) in [6.07, 6.45) is 0. The van der Waals surface area contributed by atoms with Crippen molar-refractivity contribution in [2.45, 2.75) is 6.54 Å². The molecule has 0 bridgehead atoms. The number of rotatable bonds is 4.